The van der Waals surface area contributed by atoms with Crippen molar-refractivity contribution in [2.45, 2.75) is 39.5 Å². The molecule has 0 aromatic carbocycles. The van der Waals surface area contributed by atoms with Crippen molar-refractivity contribution in [2.24, 2.45) is 17.4 Å². The van der Waals surface area contributed by atoms with E-state index in [2.05, 4.69) is 41.9 Å². The lowest BCUT2D eigenvalue weighted by atomic mass is 10.3. The van der Waals surface area contributed by atoms with Crippen LogP contribution >= 0.6 is 0 Å². The van der Waals surface area contributed by atoms with Crippen molar-refractivity contribution >= 4 is 6.03 Å². The maximum atomic E-state index is 9.60. The van der Waals surface area contributed by atoms with Crippen LogP contribution in [-0.2, 0) is 0 Å². The van der Waals surface area contributed by atoms with Crippen molar-refractivity contribution in [1.82, 2.24) is 15.8 Å². The number of nitrogens with one attached hydrogen (secondary N) is 2. The number of primary amides is 1. The molecule has 110 valence electrons. The zero-order valence-corrected chi connectivity index (χ0v) is 11.7. The molecule has 0 saturated heterocycles. The smallest absolute Gasteiger partial charge is 0.343 e. The molecule has 0 aromatic heterocycles. The highest BCUT2D eigenvalue weighted by molar-refractivity contribution is 5.70. The lowest BCUT2D eigenvalue weighted by molar-refractivity contribution is 0.210. The van der Waals surface area contributed by atoms with Crippen LogP contribution in [0.15, 0.2) is 0 Å². The minimum atomic E-state index is -0.852. The molecular formula is C11H30N6O. The van der Waals surface area contributed by atoms with E-state index in [1.807, 2.05) is 0 Å². The summed E-state index contributed by atoms with van der Waals surface area (Å²) in [7, 11) is 0. The highest BCUT2D eigenvalue weighted by Crippen LogP contribution is 1.82. The minimum absolute atomic E-state index is 0.306. The van der Waals surface area contributed by atoms with Crippen molar-refractivity contribution in [3.8, 4) is 0 Å². The van der Waals surface area contributed by atoms with Crippen molar-refractivity contribution in [3.05, 3.63) is 0 Å². The number of hydrogen-bond donors (Lipinski definition) is 5. The van der Waals surface area contributed by atoms with Gasteiger partial charge in [0.1, 0.15) is 0 Å². The van der Waals surface area contributed by atoms with Crippen LogP contribution in [0.5, 0.6) is 0 Å². The number of nitrogens with zero attached hydrogens (tertiary/aromatic N) is 1. The first-order valence-corrected chi connectivity index (χ1v) is 6.56. The molecule has 0 rings (SSSR count). The molecule has 0 fully saturated rings. The standard InChI is InChI=1S/C10H24N2.CH6N4O/c1-3-5-8-12-10-6-9-11-7-4-2;2-1(6)5(3)4/h11-12H,3-10H2,1-2H3;3-4H2,(H2,2,6). The van der Waals surface area contributed by atoms with Crippen LogP contribution in [0.4, 0.5) is 4.79 Å². The summed E-state index contributed by atoms with van der Waals surface area (Å²) in [4.78, 5) is 9.60. The molecule has 0 bridgehead atoms. The van der Waals surface area contributed by atoms with E-state index in [0.29, 0.717) is 5.12 Å². The van der Waals surface area contributed by atoms with Gasteiger partial charge in [0.25, 0.3) is 0 Å². The first-order chi connectivity index (χ1) is 8.56. The number of nitrogens with two attached hydrogens (primary N) is 3. The summed E-state index contributed by atoms with van der Waals surface area (Å²) in [6.45, 7) is 9.10. The molecule has 0 aliphatic rings. The van der Waals surface area contributed by atoms with Crippen LogP contribution in [0.25, 0.3) is 0 Å². The summed E-state index contributed by atoms with van der Waals surface area (Å²) in [5.74, 6) is 9.14. The predicted molar refractivity (Wildman–Crippen MR) is 75.4 cm³/mol. The first-order valence-electron chi connectivity index (χ1n) is 6.56. The summed E-state index contributed by atoms with van der Waals surface area (Å²) in [6, 6.07) is -0.852. The average Bonchev–Trinajstić information content (AvgIpc) is 2.33. The molecule has 0 aliphatic carbocycles. The van der Waals surface area contributed by atoms with Gasteiger partial charge in [0.2, 0.25) is 0 Å². The van der Waals surface area contributed by atoms with Crippen molar-refractivity contribution in [3.63, 3.8) is 0 Å². The van der Waals surface area contributed by atoms with Gasteiger partial charge in [-0.2, -0.15) is 5.12 Å². The Kier molecular flexibility index (Phi) is 17.4. The SMILES string of the molecule is CCCCNCCCNCCC.NC(=O)N(N)N. The summed E-state index contributed by atoms with van der Waals surface area (Å²) >= 11 is 0. The maximum absolute atomic E-state index is 9.60. The second kappa shape index (κ2) is 16.1. The first kappa shape index (κ1) is 19.4. The molecular weight excluding hydrogens is 232 g/mol. The molecule has 0 aliphatic heterocycles. The van der Waals surface area contributed by atoms with Crippen LogP contribution < -0.4 is 28.1 Å². The third kappa shape index (κ3) is 20.5. The molecule has 0 heterocycles. The molecule has 0 saturated carbocycles. The van der Waals surface area contributed by atoms with E-state index in [1.54, 1.807) is 0 Å². The number of urea groups is 1. The van der Waals surface area contributed by atoms with Gasteiger partial charge in [-0.25, -0.2) is 16.5 Å². The third-order valence-corrected chi connectivity index (χ3v) is 2.10. The van der Waals surface area contributed by atoms with Gasteiger partial charge in [0.05, 0.1) is 0 Å². The summed E-state index contributed by atoms with van der Waals surface area (Å²) in [5.41, 5.74) is 4.47. The van der Waals surface area contributed by atoms with E-state index in [1.165, 1.54) is 32.2 Å². The van der Waals surface area contributed by atoms with Crippen LogP contribution in [0, 0.1) is 0 Å². The van der Waals surface area contributed by atoms with Gasteiger partial charge in [-0.1, -0.05) is 20.3 Å². The normalized spacial score (nSPS) is 9.56. The number of rotatable bonds is 9. The minimum Gasteiger partial charge on any atom is -0.349 e. The van der Waals surface area contributed by atoms with Gasteiger partial charge in [-0.3, -0.25) is 0 Å². The third-order valence-electron chi connectivity index (χ3n) is 2.10. The Morgan fingerprint density at radius 1 is 0.944 bits per heavy atom. The van der Waals surface area contributed by atoms with Gasteiger partial charge in [-0.15, -0.1) is 0 Å². The lowest BCUT2D eigenvalue weighted by Gasteiger charge is -2.04. The van der Waals surface area contributed by atoms with Crippen molar-refractivity contribution < 1.29 is 4.79 Å². The second-order valence-corrected chi connectivity index (χ2v) is 3.95. The summed E-state index contributed by atoms with van der Waals surface area (Å²) in [5, 5.41) is 7.11. The molecule has 7 nitrogen and oxygen atoms in total. The quantitative estimate of drug-likeness (QED) is 0.172. The Labute approximate surface area is 110 Å². The monoisotopic (exact) mass is 262 g/mol. The van der Waals surface area contributed by atoms with Crippen LogP contribution in [-0.4, -0.2) is 37.3 Å². The average molecular weight is 262 g/mol. The van der Waals surface area contributed by atoms with Crippen molar-refractivity contribution in [2.75, 3.05) is 26.2 Å². The zero-order chi connectivity index (χ0) is 14.2. The van der Waals surface area contributed by atoms with E-state index in [9.17, 15) is 4.79 Å². The van der Waals surface area contributed by atoms with E-state index < -0.39 is 6.03 Å². The molecule has 0 atom stereocenters. The molecule has 0 aromatic rings. The highest BCUT2D eigenvalue weighted by atomic mass is 16.2. The van der Waals surface area contributed by atoms with Gasteiger partial charge in [0.15, 0.2) is 0 Å². The fourth-order valence-electron chi connectivity index (χ4n) is 1.07. The second-order valence-electron chi connectivity index (χ2n) is 3.95. The number of carbonyl (C=O) groups is 1. The fourth-order valence-corrected chi connectivity index (χ4v) is 1.07. The molecule has 8 N–H and O–H groups in total. The Hall–Kier alpha value is -0.890. The predicted octanol–water partition coefficient (Wildman–Crippen LogP) is -0.120. The van der Waals surface area contributed by atoms with E-state index in [-0.39, 0.29) is 0 Å². The maximum Gasteiger partial charge on any atom is 0.343 e. The molecule has 18 heavy (non-hydrogen) atoms. The molecule has 0 radical (unpaired) electrons. The van der Waals surface area contributed by atoms with Gasteiger partial charge >= 0.3 is 6.03 Å². The number of carbonyl (C=O) groups excluding carboxylic acids is 1. The van der Waals surface area contributed by atoms with Crippen LogP contribution in [0.1, 0.15) is 39.5 Å². The highest BCUT2D eigenvalue weighted by Gasteiger charge is 1.90. The summed E-state index contributed by atoms with van der Waals surface area (Å²) < 4.78 is 0. The van der Waals surface area contributed by atoms with Crippen molar-refractivity contribution in [1.29, 1.82) is 0 Å². The molecule has 7 heteroatoms. The Balaban J connectivity index is 0. The Morgan fingerprint density at radius 2 is 1.39 bits per heavy atom. The van der Waals surface area contributed by atoms with Crippen LogP contribution in [0.3, 0.4) is 0 Å². The number of amides is 2. The number of unbranched alkanes of at least 4 members (excludes halogenated alkanes) is 1. The zero-order valence-electron chi connectivity index (χ0n) is 11.7. The molecule has 0 spiro atoms. The Bertz CT molecular complexity index is 167. The van der Waals surface area contributed by atoms with E-state index in [0.717, 1.165) is 19.6 Å². The largest absolute Gasteiger partial charge is 0.349 e. The molecule has 0 unspecified atom stereocenters. The van der Waals surface area contributed by atoms with Gasteiger partial charge < -0.3 is 16.4 Å². The number of hydrazine groups is 2. The molecule has 2 amide bonds. The lowest BCUT2D eigenvalue weighted by Crippen LogP contribution is -2.46. The van der Waals surface area contributed by atoms with Gasteiger partial charge in [-0.05, 0) is 45.4 Å². The van der Waals surface area contributed by atoms with E-state index in [4.69, 9.17) is 0 Å². The van der Waals surface area contributed by atoms with Crippen LogP contribution in [0.2, 0.25) is 0 Å². The topological polar surface area (TPSA) is 122 Å². The van der Waals surface area contributed by atoms with Gasteiger partial charge in [0, 0.05) is 0 Å². The summed E-state index contributed by atoms with van der Waals surface area (Å²) in [6.07, 6.45) is 5.09. The van der Waals surface area contributed by atoms with E-state index >= 15 is 0 Å². The Morgan fingerprint density at radius 3 is 1.78 bits per heavy atom. The fraction of sp³-hybridized carbons (Fsp3) is 0.909. The number of hydrogen-bond acceptors (Lipinski definition) is 5.